The second kappa shape index (κ2) is 7.80. The fraction of sp³-hybridized carbons (Fsp3) is 0.421. The van der Waals surface area contributed by atoms with Gasteiger partial charge in [0.05, 0.1) is 24.8 Å². The summed E-state index contributed by atoms with van der Waals surface area (Å²) in [6, 6.07) is 9.59. The second-order valence-electron chi connectivity index (χ2n) is 6.68. The third-order valence-electron chi connectivity index (χ3n) is 4.49. The van der Waals surface area contributed by atoms with Gasteiger partial charge >= 0.3 is 5.97 Å². The van der Waals surface area contributed by atoms with Crippen molar-refractivity contribution in [2.24, 2.45) is 0 Å². The number of hydrogen-bond acceptors (Lipinski definition) is 5. The number of likely N-dealkylation sites (N-methyl/N-ethyl adjacent to an activating group) is 1. The molecule has 1 aromatic heterocycles. The number of rotatable bonds is 5. The van der Waals surface area contributed by atoms with Crippen LogP contribution in [0.4, 0.5) is 0 Å². The first-order valence-electron chi connectivity index (χ1n) is 8.61. The summed E-state index contributed by atoms with van der Waals surface area (Å²) in [5.74, 6) is -1.000. The lowest BCUT2D eigenvalue weighted by molar-refractivity contribution is -0.138. The topological polar surface area (TPSA) is 83.0 Å². The molecule has 1 aromatic carbocycles. The van der Waals surface area contributed by atoms with Crippen molar-refractivity contribution < 1.29 is 19.4 Å². The zero-order valence-electron chi connectivity index (χ0n) is 15.0. The standard InChI is InChI=1S/C19H23N3O4/c1-13-9-17(20-16-6-4-3-5-15(13)16)19(25)22-7-8-26-14(11-22)10-21(2)12-18(23)24/h3-6,9,14H,7-8,10-12H2,1-2H3,(H,23,24). The highest BCUT2D eigenvalue weighted by atomic mass is 16.5. The molecule has 0 bridgehead atoms. The Kier molecular flexibility index (Phi) is 5.49. The van der Waals surface area contributed by atoms with Crippen LogP contribution in [0.5, 0.6) is 0 Å². The lowest BCUT2D eigenvalue weighted by Gasteiger charge is -2.34. The van der Waals surface area contributed by atoms with Crippen LogP contribution in [0.1, 0.15) is 16.1 Å². The molecule has 2 aromatic rings. The molecule has 1 N–H and O–H groups in total. The molecule has 1 saturated heterocycles. The van der Waals surface area contributed by atoms with Gasteiger partial charge in [-0.3, -0.25) is 14.5 Å². The summed E-state index contributed by atoms with van der Waals surface area (Å²) in [6.07, 6.45) is -0.210. The number of morpholine rings is 1. The van der Waals surface area contributed by atoms with Gasteiger partial charge in [0, 0.05) is 25.0 Å². The number of aryl methyl sites for hydroxylation is 1. The van der Waals surface area contributed by atoms with Crippen LogP contribution in [0, 0.1) is 6.92 Å². The van der Waals surface area contributed by atoms with E-state index in [-0.39, 0.29) is 18.6 Å². The summed E-state index contributed by atoms with van der Waals surface area (Å²) in [4.78, 5) is 31.6. The van der Waals surface area contributed by atoms with E-state index in [9.17, 15) is 9.59 Å². The van der Waals surface area contributed by atoms with E-state index >= 15 is 0 Å². The lowest BCUT2D eigenvalue weighted by atomic mass is 10.1. The number of nitrogens with zero attached hydrogens (tertiary/aromatic N) is 3. The van der Waals surface area contributed by atoms with Gasteiger partial charge in [0.1, 0.15) is 5.69 Å². The normalized spacial score (nSPS) is 17.7. The largest absolute Gasteiger partial charge is 0.480 e. The molecule has 7 heteroatoms. The fourth-order valence-electron chi connectivity index (χ4n) is 3.28. The SMILES string of the molecule is Cc1cc(C(=O)N2CCOC(CN(C)CC(=O)O)C2)nc2ccccc12. The molecule has 1 aliphatic rings. The minimum Gasteiger partial charge on any atom is -0.480 e. The van der Waals surface area contributed by atoms with Gasteiger partial charge in [0.25, 0.3) is 5.91 Å². The number of pyridine rings is 1. The van der Waals surface area contributed by atoms with Crippen LogP contribution in [-0.2, 0) is 9.53 Å². The molecule has 0 radical (unpaired) electrons. The number of para-hydroxylation sites is 1. The van der Waals surface area contributed by atoms with Gasteiger partial charge in [-0.2, -0.15) is 0 Å². The van der Waals surface area contributed by atoms with Gasteiger partial charge < -0.3 is 14.7 Å². The molecule has 1 aliphatic heterocycles. The molecule has 1 unspecified atom stereocenters. The van der Waals surface area contributed by atoms with Crippen molar-refractivity contribution in [3.05, 3.63) is 41.6 Å². The van der Waals surface area contributed by atoms with Crippen LogP contribution < -0.4 is 0 Å². The molecule has 2 heterocycles. The van der Waals surface area contributed by atoms with E-state index in [0.29, 0.717) is 31.9 Å². The van der Waals surface area contributed by atoms with E-state index in [4.69, 9.17) is 9.84 Å². The van der Waals surface area contributed by atoms with Crippen molar-refractivity contribution in [1.29, 1.82) is 0 Å². The van der Waals surface area contributed by atoms with Gasteiger partial charge in [-0.25, -0.2) is 4.98 Å². The number of hydrogen-bond donors (Lipinski definition) is 1. The Morgan fingerprint density at radius 1 is 1.38 bits per heavy atom. The molecule has 7 nitrogen and oxygen atoms in total. The smallest absolute Gasteiger partial charge is 0.317 e. The van der Waals surface area contributed by atoms with Gasteiger partial charge in [-0.05, 0) is 31.7 Å². The molecule has 3 rings (SSSR count). The van der Waals surface area contributed by atoms with Crippen molar-refractivity contribution in [3.8, 4) is 0 Å². The summed E-state index contributed by atoms with van der Waals surface area (Å²) in [5.41, 5.74) is 2.26. The summed E-state index contributed by atoms with van der Waals surface area (Å²) in [6.45, 7) is 3.75. The van der Waals surface area contributed by atoms with Gasteiger partial charge in [0.2, 0.25) is 0 Å². The molecular weight excluding hydrogens is 334 g/mol. The number of ether oxygens (including phenoxy) is 1. The molecule has 1 amide bonds. The third-order valence-corrected chi connectivity index (χ3v) is 4.49. The maximum atomic E-state index is 12.9. The van der Waals surface area contributed by atoms with E-state index in [2.05, 4.69) is 4.98 Å². The molecule has 26 heavy (non-hydrogen) atoms. The van der Waals surface area contributed by atoms with Crippen molar-refractivity contribution in [2.75, 3.05) is 39.8 Å². The molecule has 0 spiro atoms. The van der Waals surface area contributed by atoms with E-state index in [1.54, 1.807) is 16.8 Å². The number of carbonyl (C=O) groups excluding carboxylic acids is 1. The average Bonchev–Trinajstić information content (AvgIpc) is 2.60. The summed E-state index contributed by atoms with van der Waals surface area (Å²) < 4.78 is 5.69. The number of aliphatic carboxylic acids is 1. The van der Waals surface area contributed by atoms with Crippen molar-refractivity contribution in [2.45, 2.75) is 13.0 Å². The fourth-order valence-corrected chi connectivity index (χ4v) is 3.28. The van der Waals surface area contributed by atoms with Crippen molar-refractivity contribution >= 4 is 22.8 Å². The van der Waals surface area contributed by atoms with Gasteiger partial charge in [-0.1, -0.05) is 18.2 Å². The summed E-state index contributed by atoms with van der Waals surface area (Å²) in [7, 11) is 1.73. The number of aromatic nitrogens is 1. The molecule has 1 atom stereocenters. The first-order valence-corrected chi connectivity index (χ1v) is 8.61. The number of carboxylic acid groups (broad SMARTS) is 1. The van der Waals surface area contributed by atoms with Crippen LogP contribution in [0.2, 0.25) is 0 Å². The Morgan fingerprint density at radius 3 is 2.92 bits per heavy atom. The van der Waals surface area contributed by atoms with E-state index < -0.39 is 5.97 Å². The predicted octanol–water partition coefficient (Wildman–Crippen LogP) is 1.40. The summed E-state index contributed by atoms with van der Waals surface area (Å²) in [5, 5.41) is 9.90. The van der Waals surface area contributed by atoms with Crippen LogP contribution in [0.15, 0.2) is 30.3 Å². The van der Waals surface area contributed by atoms with Crippen LogP contribution in [0.25, 0.3) is 10.9 Å². The molecule has 0 saturated carbocycles. The summed E-state index contributed by atoms with van der Waals surface area (Å²) >= 11 is 0. The zero-order valence-corrected chi connectivity index (χ0v) is 15.0. The van der Waals surface area contributed by atoms with Crippen LogP contribution >= 0.6 is 0 Å². The van der Waals surface area contributed by atoms with Gasteiger partial charge in [-0.15, -0.1) is 0 Å². The van der Waals surface area contributed by atoms with Gasteiger partial charge in [0.15, 0.2) is 0 Å². The Morgan fingerprint density at radius 2 is 2.15 bits per heavy atom. The van der Waals surface area contributed by atoms with E-state index in [1.165, 1.54) is 0 Å². The average molecular weight is 357 g/mol. The molecule has 1 fully saturated rings. The van der Waals surface area contributed by atoms with Crippen LogP contribution in [0.3, 0.4) is 0 Å². The number of fused-ring (bicyclic) bond motifs is 1. The second-order valence-corrected chi connectivity index (χ2v) is 6.68. The Bertz CT molecular complexity index is 824. The number of amides is 1. The highest BCUT2D eigenvalue weighted by Gasteiger charge is 2.27. The highest BCUT2D eigenvalue weighted by Crippen LogP contribution is 2.19. The third kappa shape index (κ3) is 4.17. The Hall–Kier alpha value is -2.51. The maximum absolute atomic E-state index is 12.9. The first-order chi connectivity index (χ1) is 12.4. The molecule has 0 aliphatic carbocycles. The minimum absolute atomic E-state index is 0.0563. The predicted molar refractivity (Wildman–Crippen MR) is 97.3 cm³/mol. The van der Waals surface area contributed by atoms with Crippen molar-refractivity contribution in [1.82, 2.24) is 14.8 Å². The van der Waals surface area contributed by atoms with Crippen LogP contribution in [-0.4, -0.2) is 77.7 Å². The van der Waals surface area contributed by atoms with Crippen molar-refractivity contribution in [3.63, 3.8) is 0 Å². The monoisotopic (exact) mass is 357 g/mol. The van der Waals surface area contributed by atoms with E-state index in [1.807, 2.05) is 37.3 Å². The highest BCUT2D eigenvalue weighted by molar-refractivity contribution is 5.96. The Labute approximate surface area is 152 Å². The number of carboxylic acids is 1. The number of benzene rings is 1. The number of carbonyl (C=O) groups is 2. The molecular formula is C19H23N3O4. The zero-order chi connectivity index (χ0) is 18.7. The van der Waals surface area contributed by atoms with E-state index in [0.717, 1.165) is 16.5 Å². The first kappa shape index (κ1) is 18.3. The Balaban J connectivity index is 1.72. The maximum Gasteiger partial charge on any atom is 0.317 e. The molecule has 138 valence electrons. The lowest BCUT2D eigenvalue weighted by Crippen LogP contribution is -2.49. The quantitative estimate of drug-likeness (QED) is 0.871. The minimum atomic E-state index is -0.882.